The molecule has 4 nitrogen and oxygen atoms in total. The number of hydrogen-bond acceptors (Lipinski definition) is 2. The Bertz CT molecular complexity index is 433. The third-order valence-electron chi connectivity index (χ3n) is 2.00. The molecule has 1 aromatic rings. The summed E-state index contributed by atoms with van der Waals surface area (Å²) >= 11 is 4.81. The van der Waals surface area contributed by atoms with E-state index in [1.165, 1.54) is 0 Å². The van der Waals surface area contributed by atoms with Crippen LogP contribution in [0.1, 0.15) is 5.69 Å². The second-order valence-corrected chi connectivity index (χ2v) is 3.42. The van der Waals surface area contributed by atoms with Gasteiger partial charge in [-0.3, -0.25) is 10.1 Å². The number of rotatable bonds is 1. The van der Waals surface area contributed by atoms with Gasteiger partial charge in [0.15, 0.2) is 5.11 Å². The molecule has 0 saturated carbocycles. The van der Waals surface area contributed by atoms with Crippen LogP contribution in [0.2, 0.25) is 0 Å². The van der Waals surface area contributed by atoms with Gasteiger partial charge in [-0.25, -0.2) is 0 Å². The summed E-state index contributed by atoms with van der Waals surface area (Å²) < 4.78 is 1.92. The first kappa shape index (κ1) is 8.96. The summed E-state index contributed by atoms with van der Waals surface area (Å²) in [5.74, 6) is -0.184. The highest BCUT2D eigenvalue weighted by Crippen LogP contribution is 2.07. The fourth-order valence-corrected chi connectivity index (χ4v) is 1.46. The van der Waals surface area contributed by atoms with E-state index in [0.29, 0.717) is 10.8 Å². The molecule has 0 unspecified atom stereocenters. The molecule has 0 atom stereocenters. The van der Waals surface area contributed by atoms with E-state index in [0.717, 1.165) is 5.69 Å². The predicted octanol–water partition coefficient (Wildman–Crippen LogP) is 0.370. The molecule has 1 saturated heterocycles. The van der Waals surface area contributed by atoms with Gasteiger partial charge in [0, 0.05) is 18.9 Å². The van der Waals surface area contributed by atoms with Crippen molar-refractivity contribution in [2.75, 3.05) is 0 Å². The van der Waals surface area contributed by atoms with Crippen LogP contribution in [-0.4, -0.2) is 15.6 Å². The Balaban J connectivity index is 2.32. The quantitative estimate of drug-likeness (QED) is 0.516. The molecule has 5 heteroatoms. The van der Waals surface area contributed by atoms with Crippen LogP contribution in [0.3, 0.4) is 0 Å². The Morgan fingerprint density at radius 1 is 1.50 bits per heavy atom. The second kappa shape index (κ2) is 3.26. The highest BCUT2D eigenvalue weighted by molar-refractivity contribution is 7.80. The van der Waals surface area contributed by atoms with Crippen molar-refractivity contribution in [2.45, 2.75) is 0 Å². The van der Waals surface area contributed by atoms with Crippen molar-refractivity contribution in [1.82, 2.24) is 15.2 Å². The van der Waals surface area contributed by atoms with E-state index >= 15 is 0 Å². The molecule has 0 aliphatic carbocycles. The normalized spacial score (nSPS) is 18.5. The summed E-state index contributed by atoms with van der Waals surface area (Å²) in [7, 11) is 1.91. The van der Waals surface area contributed by atoms with Crippen molar-refractivity contribution >= 4 is 29.3 Å². The lowest BCUT2D eigenvalue weighted by molar-refractivity contribution is -0.115. The molecule has 1 fully saturated rings. The van der Waals surface area contributed by atoms with Gasteiger partial charge in [-0.15, -0.1) is 0 Å². The summed E-state index contributed by atoms with van der Waals surface area (Å²) in [5.41, 5.74) is 1.43. The third kappa shape index (κ3) is 1.54. The number of aryl methyl sites for hydroxylation is 1. The van der Waals surface area contributed by atoms with E-state index in [4.69, 9.17) is 12.2 Å². The Morgan fingerprint density at radius 3 is 2.79 bits per heavy atom. The molecule has 0 bridgehead atoms. The minimum Gasteiger partial charge on any atom is -0.351 e. The number of hydrogen-bond donors (Lipinski definition) is 2. The molecule has 14 heavy (non-hydrogen) atoms. The largest absolute Gasteiger partial charge is 0.351 e. The van der Waals surface area contributed by atoms with Crippen molar-refractivity contribution in [3.63, 3.8) is 0 Å². The zero-order valence-corrected chi connectivity index (χ0v) is 8.39. The summed E-state index contributed by atoms with van der Waals surface area (Å²) in [6.45, 7) is 0. The number of amides is 1. The monoisotopic (exact) mass is 207 g/mol. The maximum absolute atomic E-state index is 11.3. The Labute approximate surface area is 86.6 Å². The third-order valence-corrected chi connectivity index (χ3v) is 2.20. The van der Waals surface area contributed by atoms with E-state index < -0.39 is 0 Å². The van der Waals surface area contributed by atoms with E-state index in [2.05, 4.69) is 10.6 Å². The molecule has 2 N–H and O–H groups in total. The molecule has 1 amide bonds. The van der Waals surface area contributed by atoms with Crippen molar-refractivity contribution in [3.05, 3.63) is 29.7 Å². The Morgan fingerprint density at radius 2 is 2.29 bits per heavy atom. The van der Waals surface area contributed by atoms with Gasteiger partial charge in [0.2, 0.25) is 0 Å². The van der Waals surface area contributed by atoms with Crippen molar-refractivity contribution in [2.24, 2.45) is 7.05 Å². The lowest BCUT2D eigenvalue weighted by Crippen LogP contribution is -2.21. The van der Waals surface area contributed by atoms with Crippen molar-refractivity contribution in [1.29, 1.82) is 0 Å². The molecule has 0 radical (unpaired) electrons. The molecule has 1 aliphatic heterocycles. The van der Waals surface area contributed by atoms with Gasteiger partial charge in [-0.05, 0) is 30.4 Å². The van der Waals surface area contributed by atoms with Crippen LogP contribution >= 0.6 is 12.2 Å². The first-order chi connectivity index (χ1) is 6.66. The van der Waals surface area contributed by atoms with Gasteiger partial charge in [-0.1, -0.05) is 0 Å². The summed E-state index contributed by atoms with van der Waals surface area (Å²) in [4.78, 5) is 11.3. The van der Waals surface area contributed by atoms with Crippen LogP contribution < -0.4 is 10.6 Å². The van der Waals surface area contributed by atoms with Gasteiger partial charge in [-0.2, -0.15) is 0 Å². The van der Waals surface area contributed by atoms with Gasteiger partial charge < -0.3 is 9.88 Å². The Hall–Kier alpha value is -1.62. The smallest absolute Gasteiger partial charge is 0.273 e. The minimum absolute atomic E-state index is 0.184. The average molecular weight is 207 g/mol. The van der Waals surface area contributed by atoms with Gasteiger partial charge >= 0.3 is 0 Å². The average Bonchev–Trinajstić information content (AvgIpc) is 2.62. The van der Waals surface area contributed by atoms with E-state index in [-0.39, 0.29) is 5.91 Å². The lowest BCUT2D eigenvalue weighted by atomic mass is 10.3. The topological polar surface area (TPSA) is 46.1 Å². The number of carbonyl (C=O) groups excluding carboxylic acids is 1. The molecule has 0 spiro atoms. The van der Waals surface area contributed by atoms with Crippen LogP contribution in [0, 0.1) is 0 Å². The van der Waals surface area contributed by atoms with Crippen LogP contribution in [0.4, 0.5) is 0 Å². The molecular formula is C9H9N3OS. The van der Waals surface area contributed by atoms with Crippen LogP contribution in [0.15, 0.2) is 24.0 Å². The van der Waals surface area contributed by atoms with E-state index in [1.807, 2.05) is 29.9 Å². The van der Waals surface area contributed by atoms with Crippen molar-refractivity contribution in [3.8, 4) is 0 Å². The van der Waals surface area contributed by atoms with Gasteiger partial charge in [0.05, 0.1) is 0 Å². The van der Waals surface area contributed by atoms with Gasteiger partial charge in [0.25, 0.3) is 5.91 Å². The molecule has 2 rings (SSSR count). The number of nitrogens with one attached hydrogen (secondary N) is 2. The summed E-state index contributed by atoms with van der Waals surface area (Å²) in [6, 6.07) is 3.83. The molecular weight excluding hydrogens is 198 g/mol. The van der Waals surface area contributed by atoms with Gasteiger partial charge in [0.1, 0.15) is 5.70 Å². The molecule has 1 aliphatic rings. The van der Waals surface area contributed by atoms with Crippen molar-refractivity contribution < 1.29 is 4.79 Å². The molecule has 1 aromatic heterocycles. The van der Waals surface area contributed by atoms with Crippen LogP contribution in [0.5, 0.6) is 0 Å². The fourth-order valence-electron chi connectivity index (χ4n) is 1.25. The second-order valence-electron chi connectivity index (χ2n) is 3.01. The maximum atomic E-state index is 11.3. The number of nitrogens with zero attached hydrogens (tertiary/aromatic N) is 1. The predicted molar refractivity (Wildman–Crippen MR) is 57.3 cm³/mol. The number of aromatic nitrogens is 1. The number of carbonyl (C=O) groups is 1. The molecule has 2 heterocycles. The molecule has 0 aromatic carbocycles. The first-order valence-corrected chi connectivity index (χ1v) is 4.53. The Kier molecular flexibility index (Phi) is 2.09. The standard InChI is InChI=1S/C9H9N3OS/c1-12-4-2-3-6(12)5-7-8(13)11-9(14)10-7/h2-5H,1H3,(H2,10,11,13,14)/b7-5+. The summed E-state index contributed by atoms with van der Waals surface area (Å²) in [6.07, 6.45) is 3.67. The SMILES string of the molecule is Cn1cccc1/C=C1/NC(=S)NC1=O. The lowest BCUT2D eigenvalue weighted by Gasteiger charge is -1.97. The van der Waals surface area contributed by atoms with Crippen LogP contribution in [-0.2, 0) is 11.8 Å². The maximum Gasteiger partial charge on any atom is 0.273 e. The zero-order valence-electron chi connectivity index (χ0n) is 7.57. The highest BCUT2D eigenvalue weighted by atomic mass is 32.1. The summed E-state index contributed by atoms with van der Waals surface area (Å²) in [5, 5.41) is 5.65. The van der Waals surface area contributed by atoms with E-state index in [9.17, 15) is 4.79 Å². The minimum atomic E-state index is -0.184. The highest BCUT2D eigenvalue weighted by Gasteiger charge is 2.19. The first-order valence-electron chi connectivity index (χ1n) is 4.12. The number of thiocarbonyl (C=S) groups is 1. The fraction of sp³-hybridized carbons (Fsp3) is 0.111. The zero-order chi connectivity index (χ0) is 10.1. The van der Waals surface area contributed by atoms with Crippen LogP contribution in [0.25, 0.3) is 6.08 Å². The van der Waals surface area contributed by atoms with E-state index in [1.54, 1.807) is 6.08 Å². The molecule has 72 valence electrons.